The zero-order valence-corrected chi connectivity index (χ0v) is 31.3. The summed E-state index contributed by atoms with van der Waals surface area (Å²) in [6.07, 6.45) is -18.1. The Balaban J connectivity index is 0.000000202. The van der Waals surface area contributed by atoms with Gasteiger partial charge in [0.2, 0.25) is 11.6 Å². The lowest BCUT2D eigenvalue weighted by atomic mass is 9.99. The van der Waals surface area contributed by atoms with Gasteiger partial charge in [-0.15, -0.1) is 0 Å². The minimum Gasteiger partial charge on any atom is -0.397 e. The SMILES string of the molecule is FC(F)(F)c1ccc(-c2nc3ccccc3nc2-c2ccc(C(F)(F)F)cc2)cc1.Nc1ccccc1N.O=C(C(=O)c1ccc(C(F)(F)F)cc1)c1ccc(C(F)(F)F)cc1. The number of hydrogen-bond acceptors (Lipinski definition) is 6. The molecule has 0 saturated carbocycles. The van der Waals surface area contributed by atoms with Crippen LogP contribution in [-0.2, 0) is 24.7 Å². The molecule has 0 unspecified atom stereocenters. The highest BCUT2D eigenvalue weighted by Gasteiger charge is 2.33. The van der Waals surface area contributed by atoms with Gasteiger partial charge in [-0.1, -0.05) is 72.8 Å². The number of hydrogen-bond donors (Lipinski definition) is 2. The average molecular weight is 873 g/mol. The largest absolute Gasteiger partial charge is 0.416 e. The molecule has 4 N–H and O–H groups in total. The van der Waals surface area contributed by atoms with Crippen LogP contribution in [0.3, 0.4) is 0 Å². The maximum atomic E-state index is 12.9. The number of carbonyl (C=O) groups is 2. The van der Waals surface area contributed by atoms with E-state index < -0.39 is 58.5 Å². The van der Waals surface area contributed by atoms with Gasteiger partial charge in [0.25, 0.3) is 0 Å². The van der Waals surface area contributed by atoms with E-state index in [4.69, 9.17) is 11.5 Å². The maximum absolute atomic E-state index is 12.9. The highest BCUT2D eigenvalue weighted by atomic mass is 19.4. The van der Waals surface area contributed by atoms with E-state index in [9.17, 15) is 62.3 Å². The van der Waals surface area contributed by atoms with Crippen LogP contribution in [0.4, 0.5) is 64.1 Å². The topological polar surface area (TPSA) is 112 Å². The average Bonchev–Trinajstić information content (AvgIpc) is 3.23. The van der Waals surface area contributed by atoms with Gasteiger partial charge in [-0.2, -0.15) is 52.7 Å². The summed E-state index contributed by atoms with van der Waals surface area (Å²) in [7, 11) is 0. The van der Waals surface area contributed by atoms with Gasteiger partial charge in [-0.25, -0.2) is 9.97 Å². The molecule has 0 aliphatic carbocycles. The molecule has 0 atom stereocenters. The second kappa shape index (κ2) is 18.2. The van der Waals surface area contributed by atoms with Gasteiger partial charge in [0.1, 0.15) is 0 Å². The molecule has 0 bridgehead atoms. The Labute approximate surface area is 343 Å². The first-order valence-electron chi connectivity index (χ1n) is 17.6. The predicted molar refractivity (Wildman–Crippen MR) is 207 cm³/mol. The van der Waals surface area contributed by atoms with Crippen LogP contribution in [0.1, 0.15) is 43.0 Å². The van der Waals surface area contributed by atoms with Crippen molar-refractivity contribution in [3.05, 3.63) is 179 Å². The summed E-state index contributed by atoms with van der Waals surface area (Å²) in [5, 5.41) is 0. The number of nitrogens with two attached hydrogens (primary N) is 2. The van der Waals surface area contributed by atoms with Crippen molar-refractivity contribution >= 4 is 34.0 Å². The molecule has 62 heavy (non-hydrogen) atoms. The predicted octanol–water partition coefficient (Wildman–Crippen LogP) is 12.6. The van der Waals surface area contributed by atoms with Crippen LogP contribution in [0.15, 0.2) is 146 Å². The van der Waals surface area contributed by atoms with E-state index in [0.717, 1.165) is 48.5 Å². The van der Waals surface area contributed by atoms with Crippen molar-refractivity contribution in [2.24, 2.45) is 0 Å². The van der Waals surface area contributed by atoms with E-state index in [1.807, 2.05) is 12.1 Å². The van der Waals surface area contributed by atoms with Gasteiger partial charge in [-0.05, 0) is 72.8 Å². The van der Waals surface area contributed by atoms with Crippen molar-refractivity contribution in [2.75, 3.05) is 11.5 Å². The van der Waals surface area contributed by atoms with Crippen LogP contribution in [0.5, 0.6) is 0 Å². The van der Waals surface area contributed by atoms with Gasteiger partial charge < -0.3 is 11.5 Å². The number of nitrogens with zero attached hydrogens (tertiary/aromatic N) is 2. The summed E-state index contributed by atoms with van der Waals surface area (Å²) >= 11 is 0. The molecular formula is C44H28F12N4O2. The number of ketones is 2. The van der Waals surface area contributed by atoms with Crippen LogP contribution in [-0.4, -0.2) is 21.5 Å². The third-order valence-corrected chi connectivity index (χ3v) is 8.69. The Bertz CT molecular complexity index is 2470. The zero-order chi connectivity index (χ0) is 45.6. The first-order valence-corrected chi connectivity index (χ1v) is 17.6. The fourth-order valence-electron chi connectivity index (χ4n) is 5.43. The van der Waals surface area contributed by atoms with Gasteiger partial charge in [0, 0.05) is 22.3 Å². The van der Waals surface area contributed by atoms with E-state index in [1.54, 1.807) is 36.4 Å². The molecule has 7 rings (SSSR count). The summed E-state index contributed by atoms with van der Waals surface area (Å²) in [6, 6.07) is 28.9. The van der Waals surface area contributed by atoms with E-state index in [-0.39, 0.29) is 22.5 Å². The summed E-state index contributed by atoms with van der Waals surface area (Å²) < 4.78 is 152. The lowest BCUT2D eigenvalue weighted by molar-refractivity contribution is -0.138. The number of carbonyl (C=O) groups excluding carboxylic acids is 2. The third-order valence-electron chi connectivity index (χ3n) is 8.69. The Morgan fingerprint density at radius 2 is 0.597 bits per heavy atom. The molecule has 6 aromatic carbocycles. The Morgan fingerprint density at radius 1 is 0.355 bits per heavy atom. The molecule has 0 saturated heterocycles. The van der Waals surface area contributed by atoms with E-state index in [1.165, 1.54) is 24.3 Å². The molecule has 1 aromatic heterocycles. The molecular weight excluding hydrogens is 844 g/mol. The molecule has 0 radical (unpaired) electrons. The number of nitrogen functional groups attached to an aromatic ring is 2. The number of halogens is 12. The fraction of sp³-hybridized carbons (Fsp3) is 0.0909. The second-order valence-corrected chi connectivity index (χ2v) is 13.0. The highest BCUT2D eigenvalue weighted by Crippen LogP contribution is 2.36. The number of Topliss-reactive ketones (excluding diaryl/α,β-unsaturated/α-hetero) is 2. The summed E-state index contributed by atoms with van der Waals surface area (Å²) in [4.78, 5) is 32.9. The standard InChI is InChI=1S/C22H12F6N2.C16H8F6O2.C6H8N2/c23-21(24,25)15-9-5-13(6-10-15)19-20(30-18-4-2-1-3-17(18)29-19)14-7-11-16(12-8-14)22(26,27)28;17-15(18,19)11-5-1-9(2-6-11)13(23)14(24)10-3-7-12(8-4-10)16(20,21)22;7-5-3-1-2-4-6(5)8/h1-12H;1-8H;1-4H,7-8H2. The molecule has 0 amide bonds. The molecule has 6 nitrogen and oxygen atoms in total. The molecule has 0 fully saturated rings. The van der Waals surface area contributed by atoms with E-state index in [2.05, 4.69) is 9.97 Å². The van der Waals surface area contributed by atoms with Crippen LogP contribution >= 0.6 is 0 Å². The molecule has 7 aromatic rings. The number of benzene rings is 6. The highest BCUT2D eigenvalue weighted by molar-refractivity contribution is 6.49. The smallest absolute Gasteiger partial charge is 0.397 e. The lowest BCUT2D eigenvalue weighted by Crippen LogP contribution is -2.15. The maximum Gasteiger partial charge on any atom is 0.416 e. The van der Waals surface area contributed by atoms with Crippen LogP contribution in [0, 0.1) is 0 Å². The number of aromatic nitrogens is 2. The van der Waals surface area contributed by atoms with Gasteiger partial charge >= 0.3 is 24.7 Å². The monoisotopic (exact) mass is 872 g/mol. The van der Waals surface area contributed by atoms with E-state index >= 15 is 0 Å². The fourth-order valence-corrected chi connectivity index (χ4v) is 5.43. The van der Waals surface area contributed by atoms with Crippen molar-refractivity contribution in [1.82, 2.24) is 9.97 Å². The molecule has 320 valence electrons. The number of anilines is 2. The summed E-state index contributed by atoms with van der Waals surface area (Å²) in [6.45, 7) is 0. The van der Waals surface area contributed by atoms with Gasteiger partial charge in [0.05, 0.1) is 56.0 Å². The minimum atomic E-state index is -4.58. The Hall–Kier alpha value is -7.24. The van der Waals surface area contributed by atoms with Gasteiger partial charge in [0.15, 0.2) is 0 Å². The van der Waals surface area contributed by atoms with Crippen molar-refractivity contribution in [3.63, 3.8) is 0 Å². The number of alkyl halides is 12. The van der Waals surface area contributed by atoms with Crippen molar-refractivity contribution in [3.8, 4) is 22.5 Å². The van der Waals surface area contributed by atoms with Crippen LogP contribution < -0.4 is 11.5 Å². The molecule has 18 heteroatoms. The van der Waals surface area contributed by atoms with Gasteiger partial charge in [-0.3, -0.25) is 9.59 Å². The quantitative estimate of drug-likeness (QED) is 0.0771. The van der Waals surface area contributed by atoms with Crippen LogP contribution in [0.2, 0.25) is 0 Å². The second-order valence-electron chi connectivity index (χ2n) is 13.0. The van der Waals surface area contributed by atoms with Crippen LogP contribution in [0.25, 0.3) is 33.5 Å². The first-order chi connectivity index (χ1) is 28.9. The Kier molecular flexibility index (Phi) is 13.4. The first kappa shape index (κ1) is 45.8. The number of rotatable bonds is 5. The lowest BCUT2D eigenvalue weighted by Gasteiger charge is -2.13. The Morgan fingerprint density at radius 3 is 0.839 bits per heavy atom. The number of para-hydroxylation sites is 4. The van der Waals surface area contributed by atoms with E-state index in [0.29, 0.717) is 57.8 Å². The summed E-state index contributed by atoms with van der Waals surface area (Å²) in [5.74, 6) is -2.22. The molecule has 1 heterocycles. The minimum absolute atomic E-state index is 0.280. The van der Waals surface area contributed by atoms with Crippen molar-refractivity contribution in [1.29, 1.82) is 0 Å². The normalized spacial score (nSPS) is 11.8. The molecule has 0 spiro atoms. The molecule has 0 aliphatic heterocycles. The zero-order valence-electron chi connectivity index (χ0n) is 31.3. The third kappa shape index (κ3) is 11.5. The summed E-state index contributed by atoms with van der Waals surface area (Å²) in [5.41, 5.74) is 10.3. The van der Waals surface area contributed by atoms with Crippen molar-refractivity contribution < 1.29 is 62.3 Å². The molecule has 0 aliphatic rings. The number of fused-ring (bicyclic) bond motifs is 1. The van der Waals surface area contributed by atoms with Crippen molar-refractivity contribution in [2.45, 2.75) is 24.7 Å².